The molecule has 0 radical (unpaired) electrons. The van der Waals surface area contributed by atoms with Crippen molar-refractivity contribution in [1.29, 1.82) is 0 Å². The fraction of sp³-hybridized carbons (Fsp3) is 0.435. The Hall–Kier alpha value is -2.25. The minimum atomic E-state index is -4.02. The number of hydrogen-bond acceptors (Lipinski definition) is 4. The van der Waals surface area contributed by atoms with E-state index in [2.05, 4.69) is 5.32 Å². The molecule has 8 heteroatoms. The van der Waals surface area contributed by atoms with Crippen molar-refractivity contribution in [3.8, 4) is 5.75 Å². The Kier molecular flexibility index (Phi) is 6.44. The Morgan fingerprint density at radius 1 is 1.13 bits per heavy atom. The van der Waals surface area contributed by atoms with E-state index in [-0.39, 0.29) is 23.4 Å². The van der Waals surface area contributed by atoms with Gasteiger partial charge in [0.2, 0.25) is 5.91 Å². The SMILES string of the molecule is CCOc1ccccc1N(CC(=O)N[C@@H]1C[C@@H]2CC[C@H]1C2)S(=O)(=O)c1ccc(Cl)cc1. The minimum Gasteiger partial charge on any atom is -0.492 e. The molecule has 2 fully saturated rings. The minimum absolute atomic E-state index is 0.0657. The second-order valence-corrected chi connectivity index (χ2v) is 10.5. The molecule has 2 saturated carbocycles. The molecule has 0 aromatic heterocycles. The number of anilines is 1. The predicted octanol–water partition coefficient (Wildman–Crippen LogP) is 4.24. The summed E-state index contributed by atoms with van der Waals surface area (Å²) in [6, 6.07) is 12.9. The summed E-state index contributed by atoms with van der Waals surface area (Å²) in [5.41, 5.74) is 0.336. The van der Waals surface area contributed by atoms with Crippen LogP contribution in [0, 0.1) is 11.8 Å². The van der Waals surface area contributed by atoms with E-state index in [0.29, 0.717) is 34.9 Å². The normalized spacial score (nSPS) is 22.3. The van der Waals surface area contributed by atoms with Crippen LogP contribution in [-0.4, -0.2) is 33.5 Å². The molecule has 2 aliphatic carbocycles. The van der Waals surface area contributed by atoms with Crippen LogP contribution in [0.3, 0.4) is 0 Å². The van der Waals surface area contributed by atoms with Gasteiger partial charge < -0.3 is 10.1 Å². The molecule has 0 unspecified atom stereocenters. The van der Waals surface area contributed by atoms with Crippen LogP contribution in [0.25, 0.3) is 0 Å². The summed E-state index contributed by atoms with van der Waals surface area (Å²) in [6.07, 6.45) is 4.51. The molecule has 0 saturated heterocycles. The van der Waals surface area contributed by atoms with Crippen molar-refractivity contribution < 1.29 is 17.9 Å². The number of hydrogen-bond donors (Lipinski definition) is 1. The van der Waals surface area contributed by atoms with Gasteiger partial charge >= 0.3 is 0 Å². The molecule has 2 aromatic rings. The number of rotatable bonds is 8. The average molecular weight is 463 g/mol. The molecule has 0 aliphatic heterocycles. The van der Waals surface area contributed by atoms with Gasteiger partial charge in [-0.15, -0.1) is 0 Å². The van der Waals surface area contributed by atoms with E-state index in [9.17, 15) is 13.2 Å². The summed E-state index contributed by atoms with van der Waals surface area (Å²) < 4.78 is 33.9. The molecule has 3 atom stereocenters. The molecular formula is C23H27ClN2O4S. The molecule has 2 bridgehead atoms. The Morgan fingerprint density at radius 2 is 1.87 bits per heavy atom. The number of halogens is 1. The average Bonchev–Trinajstić information content (AvgIpc) is 3.36. The van der Waals surface area contributed by atoms with Gasteiger partial charge in [-0.2, -0.15) is 0 Å². The zero-order valence-electron chi connectivity index (χ0n) is 17.5. The molecule has 4 rings (SSSR count). The lowest BCUT2D eigenvalue weighted by Gasteiger charge is -2.28. The lowest BCUT2D eigenvalue weighted by Crippen LogP contribution is -2.46. The third-order valence-corrected chi connectivity index (χ3v) is 8.23. The quantitative estimate of drug-likeness (QED) is 0.636. The molecular weight excluding hydrogens is 436 g/mol. The smallest absolute Gasteiger partial charge is 0.264 e. The van der Waals surface area contributed by atoms with Crippen LogP contribution in [0.1, 0.15) is 32.6 Å². The number of sulfonamides is 1. The molecule has 0 spiro atoms. The first-order valence-electron chi connectivity index (χ1n) is 10.7. The third kappa shape index (κ3) is 4.67. The lowest BCUT2D eigenvalue weighted by atomic mass is 9.95. The maximum atomic E-state index is 13.5. The molecule has 2 aliphatic rings. The van der Waals surface area contributed by atoms with Gasteiger partial charge in [0, 0.05) is 11.1 Å². The van der Waals surface area contributed by atoms with Crippen LogP contribution >= 0.6 is 11.6 Å². The van der Waals surface area contributed by atoms with Crippen LogP contribution in [0.2, 0.25) is 5.02 Å². The highest BCUT2D eigenvalue weighted by molar-refractivity contribution is 7.92. The number of amides is 1. The van der Waals surface area contributed by atoms with E-state index in [0.717, 1.165) is 23.6 Å². The number of nitrogens with one attached hydrogen (secondary N) is 1. The zero-order chi connectivity index (χ0) is 22.0. The molecule has 1 N–H and O–H groups in total. The van der Waals surface area contributed by atoms with Crippen molar-refractivity contribution in [2.75, 3.05) is 17.5 Å². The standard InChI is InChI=1S/C23H27ClN2O4S/c1-2-30-22-6-4-3-5-21(22)26(31(28,29)19-11-9-18(24)10-12-19)15-23(27)25-20-14-16-7-8-17(20)13-16/h3-6,9-12,16-17,20H,2,7-8,13-15H2,1H3,(H,25,27)/t16-,17+,20-/m1/s1. The van der Waals surface area contributed by atoms with Crippen LogP contribution in [0.5, 0.6) is 5.75 Å². The summed E-state index contributed by atoms with van der Waals surface area (Å²) in [4.78, 5) is 13.0. The van der Waals surface area contributed by atoms with Crippen molar-refractivity contribution in [3.63, 3.8) is 0 Å². The largest absolute Gasteiger partial charge is 0.492 e. The number of para-hydroxylation sites is 2. The van der Waals surface area contributed by atoms with Crippen molar-refractivity contribution >= 4 is 33.2 Å². The molecule has 2 aromatic carbocycles. The van der Waals surface area contributed by atoms with Gasteiger partial charge in [0.05, 0.1) is 17.2 Å². The van der Waals surface area contributed by atoms with Gasteiger partial charge in [-0.1, -0.05) is 30.2 Å². The summed E-state index contributed by atoms with van der Waals surface area (Å²) in [5.74, 6) is 1.30. The first kappa shape index (κ1) is 22.0. The number of ether oxygens (including phenoxy) is 1. The number of carbonyl (C=O) groups is 1. The van der Waals surface area contributed by atoms with Crippen molar-refractivity contribution in [2.24, 2.45) is 11.8 Å². The van der Waals surface area contributed by atoms with E-state index in [4.69, 9.17) is 16.3 Å². The Labute approximate surface area is 188 Å². The maximum absolute atomic E-state index is 13.5. The highest BCUT2D eigenvalue weighted by Crippen LogP contribution is 2.44. The molecule has 31 heavy (non-hydrogen) atoms. The number of carbonyl (C=O) groups excluding carboxylic acids is 1. The lowest BCUT2D eigenvalue weighted by molar-refractivity contribution is -0.120. The highest BCUT2D eigenvalue weighted by atomic mass is 35.5. The third-order valence-electron chi connectivity index (χ3n) is 6.21. The Morgan fingerprint density at radius 3 is 2.52 bits per heavy atom. The summed E-state index contributed by atoms with van der Waals surface area (Å²) in [6.45, 7) is 1.89. The first-order valence-corrected chi connectivity index (χ1v) is 12.5. The number of benzene rings is 2. The molecule has 6 nitrogen and oxygen atoms in total. The monoisotopic (exact) mass is 462 g/mol. The van der Waals surface area contributed by atoms with Gasteiger partial charge in [0.1, 0.15) is 12.3 Å². The zero-order valence-corrected chi connectivity index (χ0v) is 19.0. The van der Waals surface area contributed by atoms with E-state index in [1.807, 2.05) is 6.92 Å². The van der Waals surface area contributed by atoms with Crippen molar-refractivity contribution in [1.82, 2.24) is 5.32 Å². The van der Waals surface area contributed by atoms with Crippen molar-refractivity contribution in [3.05, 3.63) is 53.6 Å². The second kappa shape index (κ2) is 9.09. The Balaban J connectivity index is 1.64. The van der Waals surface area contributed by atoms with Crippen molar-refractivity contribution in [2.45, 2.75) is 43.5 Å². The highest BCUT2D eigenvalue weighted by Gasteiger charge is 2.40. The summed E-state index contributed by atoms with van der Waals surface area (Å²) >= 11 is 5.94. The molecule has 0 heterocycles. The first-order chi connectivity index (χ1) is 14.9. The van der Waals surface area contributed by atoms with Crippen LogP contribution < -0.4 is 14.4 Å². The van der Waals surface area contributed by atoms with E-state index >= 15 is 0 Å². The Bertz CT molecular complexity index is 1040. The number of nitrogens with zero attached hydrogens (tertiary/aromatic N) is 1. The number of fused-ring (bicyclic) bond motifs is 2. The molecule has 166 valence electrons. The van der Waals surface area contributed by atoms with Gasteiger partial charge in [-0.3, -0.25) is 9.10 Å². The van der Waals surface area contributed by atoms with Gasteiger partial charge in [0.25, 0.3) is 10.0 Å². The van der Waals surface area contributed by atoms with Gasteiger partial charge in [0.15, 0.2) is 0 Å². The fourth-order valence-electron chi connectivity index (χ4n) is 4.78. The van der Waals surface area contributed by atoms with Crippen LogP contribution in [0.4, 0.5) is 5.69 Å². The predicted molar refractivity (Wildman–Crippen MR) is 121 cm³/mol. The van der Waals surface area contributed by atoms with Crippen LogP contribution in [-0.2, 0) is 14.8 Å². The summed E-state index contributed by atoms with van der Waals surface area (Å²) in [7, 11) is -4.02. The topological polar surface area (TPSA) is 75.7 Å². The van der Waals surface area contributed by atoms with E-state index in [1.54, 1.807) is 24.3 Å². The fourth-order valence-corrected chi connectivity index (χ4v) is 6.34. The van der Waals surface area contributed by atoms with E-state index in [1.165, 1.54) is 30.7 Å². The van der Waals surface area contributed by atoms with Crippen LogP contribution in [0.15, 0.2) is 53.4 Å². The molecule has 1 amide bonds. The summed E-state index contributed by atoms with van der Waals surface area (Å²) in [5, 5.41) is 3.53. The van der Waals surface area contributed by atoms with Gasteiger partial charge in [-0.05, 0) is 74.4 Å². The second-order valence-electron chi connectivity index (χ2n) is 8.22. The maximum Gasteiger partial charge on any atom is 0.264 e. The van der Waals surface area contributed by atoms with Gasteiger partial charge in [-0.25, -0.2) is 8.42 Å². The van der Waals surface area contributed by atoms with E-state index < -0.39 is 10.0 Å².